The van der Waals surface area contributed by atoms with Gasteiger partial charge in [-0.15, -0.1) is 0 Å². The molecule has 0 aliphatic carbocycles. The van der Waals surface area contributed by atoms with Gasteiger partial charge in [0.1, 0.15) is 23.9 Å². The summed E-state index contributed by atoms with van der Waals surface area (Å²) in [5.74, 6) is -4.86. The number of nitrogens with zero attached hydrogens (tertiary/aromatic N) is 3. The number of carbonyl (C=O) groups excluding carboxylic acids is 4. The number of unbranched alkanes of at least 4 members (excludes halogenated alkanes) is 1. The van der Waals surface area contributed by atoms with Crippen molar-refractivity contribution in [2.24, 2.45) is 23.7 Å². The van der Waals surface area contributed by atoms with Gasteiger partial charge in [-0.1, -0.05) is 52.8 Å². The average molecular weight is 810 g/mol. The number of benzene rings is 1. The fourth-order valence-electron chi connectivity index (χ4n) is 9.97. The number of amides is 1. The van der Waals surface area contributed by atoms with Crippen LogP contribution < -0.4 is 0 Å². The highest BCUT2D eigenvalue weighted by Gasteiger charge is 2.62. The lowest BCUT2D eigenvalue weighted by Gasteiger charge is -2.47. The van der Waals surface area contributed by atoms with E-state index in [1.807, 2.05) is 84.1 Å². The summed E-state index contributed by atoms with van der Waals surface area (Å²) in [6, 6.07) is 9.00. The Morgan fingerprint density at radius 1 is 0.983 bits per heavy atom. The van der Waals surface area contributed by atoms with E-state index >= 15 is 0 Å². The Balaban J connectivity index is 1.49. The molecule has 13 nitrogen and oxygen atoms in total. The van der Waals surface area contributed by atoms with Crippen LogP contribution in [0.1, 0.15) is 99.5 Å². The summed E-state index contributed by atoms with van der Waals surface area (Å²) in [5.41, 5.74) is -0.511. The zero-order chi connectivity index (χ0) is 42.7. The molecule has 3 saturated heterocycles. The molecular formula is C45H67N3O10. The predicted octanol–water partition coefficient (Wildman–Crippen LogP) is 6.15. The first-order valence-corrected chi connectivity index (χ1v) is 21.2. The number of pyridine rings is 1. The Kier molecular flexibility index (Phi) is 14.8. The van der Waals surface area contributed by atoms with E-state index in [1.165, 1.54) is 19.6 Å². The molecule has 0 saturated carbocycles. The van der Waals surface area contributed by atoms with Crippen molar-refractivity contribution in [3.8, 4) is 0 Å². The molecule has 0 spiro atoms. The van der Waals surface area contributed by atoms with E-state index in [0.29, 0.717) is 19.4 Å². The van der Waals surface area contributed by atoms with Crippen molar-refractivity contribution < 1.29 is 48.0 Å². The van der Waals surface area contributed by atoms with Crippen LogP contribution in [0.25, 0.3) is 10.9 Å². The van der Waals surface area contributed by atoms with Crippen molar-refractivity contribution in [1.82, 2.24) is 14.8 Å². The number of para-hydroxylation sites is 1. The second kappa shape index (κ2) is 18.8. The highest BCUT2D eigenvalue weighted by atomic mass is 16.7. The zero-order valence-corrected chi connectivity index (χ0v) is 36.4. The quantitative estimate of drug-likeness (QED) is 0.157. The SMILES string of the molecule is CC[C@H]1OC(=O)[C@H](C)C(=O)[C@H](C)[C@@H](O[C@@H]2O[C@H](C)C[C@H](N(C)C)[C@H]2O)[C@](C)(OC)C[C@@H](C)C(=O)[C@H](C)[C@H]2N(CCCCc3ccnc4ccccc34)C(=O)O[C@]12CC. The Morgan fingerprint density at radius 2 is 1.69 bits per heavy atom. The Hall–Kier alpha value is -3.49. The number of fused-ring (bicyclic) bond motifs is 2. The molecule has 13 heteroatoms. The summed E-state index contributed by atoms with van der Waals surface area (Å²) >= 11 is 0. The number of cyclic esters (lactones) is 1. The molecule has 1 aromatic heterocycles. The van der Waals surface area contributed by atoms with Crippen molar-refractivity contribution in [3.63, 3.8) is 0 Å². The van der Waals surface area contributed by atoms with Gasteiger partial charge in [-0.05, 0) is 97.5 Å². The van der Waals surface area contributed by atoms with Gasteiger partial charge in [-0.3, -0.25) is 19.4 Å². The van der Waals surface area contributed by atoms with Crippen LogP contribution >= 0.6 is 0 Å². The van der Waals surface area contributed by atoms with Crippen LogP contribution in [0.15, 0.2) is 36.5 Å². The number of aliphatic hydroxyl groups is 1. The smallest absolute Gasteiger partial charge is 0.410 e. The lowest BCUT2D eigenvalue weighted by atomic mass is 9.72. The fraction of sp³-hybridized carbons (Fsp3) is 0.711. The topological polar surface area (TPSA) is 154 Å². The van der Waals surface area contributed by atoms with Gasteiger partial charge in [0.25, 0.3) is 0 Å². The molecule has 1 amide bonds. The Labute approximate surface area is 344 Å². The number of hydrogen-bond donors (Lipinski definition) is 1. The first-order chi connectivity index (χ1) is 27.4. The van der Waals surface area contributed by atoms with Gasteiger partial charge < -0.3 is 38.6 Å². The van der Waals surface area contributed by atoms with Crippen molar-refractivity contribution >= 4 is 34.5 Å². The molecule has 5 rings (SSSR count). The number of methoxy groups -OCH3 is 1. The lowest BCUT2D eigenvalue weighted by molar-refractivity contribution is -0.295. The van der Waals surface area contributed by atoms with Crippen molar-refractivity contribution in [2.45, 2.75) is 154 Å². The second-order valence-corrected chi connectivity index (χ2v) is 17.4. The number of ketones is 2. The number of hydrogen-bond acceptors (Lipinski definition) is 12. The molecule has 4 heterocycles. The van der Waals surface area contributed by atoms with E-state index < -0.39 is 83.4 Å². The third kappa shape index (κ3) is 8.99. The summed E-state index contributed by atoms with van der Waals surface area (Å²) in [5, 5.41) is 12.6. The normalized spacial score (nSPS) is 36.8. The van der Waals surface area contributed by atoms with Crippen LogP contribution in [0.3, 0.4) is 0 Å². The van der Waals surface area contributed by atoms with Crippen LogP contribution in [-0.2, 0) is 44.5 Å². The van der Waals surface area contributed by atoms with Gasteiger partial charge >= 0.3 is 12.1 Å². The second-order valence-electron chi connectivity index (χ2n) is 17.4. The van der Waals surface area contributed by atoms with Crippen LogP contribution in [0.5, 0.6) is 0 Å². The van der Waals surface area contributed by atoms with Gasteiger partial charge in [0.15, 0.2) is 17.7 Å². The van der Waals surface area contributed by atoms with E-state index in [-0.39, 0.29) is 37.2 Å². The van der Waals surface area contributed by atoms with E-state index in [1.54, 1.807) is 18.7 Å². The number of rotatable bonds is 11. The van der Waals surface area contributed by atoms with Crippen LogP contribution in [0.4, 0.5) is 4.79 Å². The van der Waals surface area contributed by atoms with Crippen molar-refractivity contribution in [1.29, 1.82) is 0 Å². The minimum Gasteiger partial charge on any atom is -0.457 e. The van der Waals surface area contributed by atoms with Crippen molar-refractivity contribution in [2.75, 3.05) is 27.7 Å². The number of Topliss-reactive ketones (excluding diaryl/α,β-unsaturated/α-hetero) is 2. The standard InChI is InChI=1S/C45H67N3O10/c1-12-35-45(13-2)39(48(43(53)58-45)23-17-16-18-31-21-22-46-33-20-15-14-19-32(31)33)28(5)36(49)26(3)25-44(8,54-11)40(29(6)37(50)30(7)41(52)56-35)57-42-38(51)34(47(9)10)24-27(4)55-42/h14-15,19-22,26-30,34-35,38-40,42,51H,12-13,16-18,23-25H2,1-11H3/t26-,27-,28+,29+,30-,34+,35-,38-,39-,40-,42+,44-,45-/m1/s1. The van der Waals surface area contributed by atoms with Gasteiger partial charge in [-0.2, -0.15) is 0 Å². The number of ether oxygens (including phenoxy) is 5. The minimum absolute atomic E-state index is 0.128. The molecule has 58 heavy (non-hydrogen) atoms. The van der Waals surface area contributed by atoms with Crippen LogP contribution in [0, 0.1) is 23.7 Å². The Bertz CT molecular complexity index is 1770. The number of carbonyl (C=O) groups is 4. The lowest BCUT2D eigenvalue weighted by Crippen LogP contribution is -2.61. The number of aryl methyl sites for hydroxylation is 1. The summed E-state index contributed by atoms with van der Waals surface area (Å²) < 4.78 is 31.5. The molecule has 3 aliphatic rings. The summed E-state index contributed by atoms with van der Waals surface area (Å²) in [6.45, 7) is 14.6. The molecule has 2 aromatic rings. The van der Waals surface area contributed by atoms with Gasteiger partial charge in [0, 0.05) is 49.0 Å². The third-order valence-corrected chi connectivity index (χ3v) is 13.3. The molecule has 3 fully saturated rings. The van der Waals surface area contributed by atoms with Gasteiger partial charge in [-0.25, -0.2) is 4.79 Å². The van der Waals surface area contributed by atoms with E-state index in [4.69, 9.17) is 23.7 Å². The molecule has 0 bridgehead atoms. The Morgan fingerprint density at radius 3 is 2.34 bits per heavy atom. The molecular weight excluding hydrogens is 743 g/mol. The summed E-state index contributed by atoms with van der Waals surface area (Å²) in [7, 11) is 5.26. The first-order valence-electron chi connectivity index (χ1n) is 21.2. The number of esters is 1. The minimum atomic E-state index is -1.35. The van der Waals surface area contributed by atoms with Gasteiger partial charge in [0.05, 0.1) is 29.4 Å². The molecule has 0 unspecified atom stereocenters. The molecule has 1 aromatic carbocycles. The fourth-order valence-corrected chi connectivity index (χ4v) is 9.97. The zero-order valence-electron chi connectivity index (χ0n) is 36.4. The molecule has 13 atom stereocenters. The largest absolute Gasteiger partial charge is 0.457 e. The van der Waals surface area contributed by atoms with Crippen LogP contribution in [0.2, 0.25) is 0 Å². The monoisotopic (exact) mass is 809 g/mol. The first kappa shape index (κ1) is 45.6. The number of aromatic nitrogens is 1. The van der Waals surface area contributed by atoms with E-state index in [2.05, 4.69) is 11.1 Å². The van der Waals surface area contributed by atoms with Crippen LogP contribution in [-0.4, -0.2) is 125 Å². The predicted molar refractivity (Wildman–Crippen MR) is 219 cm³/mol. The molecule has 3 aliphatic heterocycles. The van der Waals surface area contributed by atoms with Gasteiger partial charge in [0.2, 0.25) is 0 Å². The van der Waals surface area contributed by atoms with Crippen molar-refractivity contribution in [3.05, 3.63) is 42.1 Å². The average Bonchev–Trinajstić information content (AvgIpc) is 3.50. The number of likely N-dealkylation sites (N-methyl/N-ethyl adjacent to an activating group) is 1. The maximum Gasteiger partial charge on any atom is 0.410 e. The molecule has 0 radical (unpaired) electrons. The third-order valence-electron chi connectivity index (χ3n) is 13.3. The molecule has 1 N–H and O–H groups in total. The highest BCUT2D eigenvalue weighted by molar-refractivity contribution is 6.00. The molecule has 322 valence electrons. The van der Waals surface area contributed by atoms with E-state index in [0.717, 1.165) is 23.7 Å². The number of aliphatic hydroxyl groups excluding tert-OH is 1. The maximum absolute atomic E-state index is 14.8. The maximum atomic E-state index is 14.8. The van der Waals surface area contributed by atoms with E-state index in [9.17, 15) is 24.3 Å². The summed E-state index contributed by atoms with van der Waals surface area (Å²) in [6.07, 6.45) is 0.332. The summed E-state index contributed by atoms with van der Waals surface area (Å²) in [4.78, 5) is 65.4. The highest BCUT2D eigenvalue weighted by Crippen LogP contribution is 2.45.